The first-order chi connectivity index (χ1) is 14.8. The summed E-state index contributed by atoms with van der Waals surface area (Å²) in [5.74, 6) is -0.314. The highest BCUT2D eigenvalue weighted by molar-refractivity contribution is 6.07. The summed E-state index contributed by atoms with van der Waals surface area (Å²) >= 11 is 0. The van der Waals surface area contributed by atoms with Crippen LogP contribution in [0.25, 0.3) is 0 Å². The van der Waals surface area contributed by atoms with Gasteiger partial charge < -0.3 is 25.0 Å². The molecule has 0 atom stereocenters. The zero-order valence-electron chi connectivity index (χ0n) is 18.2. The van der Waals surface area contributed by atoms with Gasteiger partial charge in [0.15, 0.2) is 5.75 Å². The maximum atomic E-state index is 13.0. The highest BCUT2D eigenvalue weighted by Crippen LogP contribution is 2.31. The number of anilines is 1. The fraction of sp³-hybridized carbons (Fsp3) is 0.364. The Kier molecular flexibility index (Phi) is 8.80. The van der Waals surface area contributed by atoms with Crippen molar-refractivity contribution < 1.29 is 23.9 Å². The van der Waals surface area contributed by atoms with Crippen molar-refractivity contribution in [3.63, 3.8) is 0 Å². The smallest absolute Gasteiger partial charge is 0.406 e. The number of pyridine rings is 1. The molecule has 0 radical (unpaired) electrons. The number of rotatable bonds is 9. The summed E-state index contributed by atoms with van der Waals surface area (Å²) in [5.41, 5.74) is 1.13. The van der Waals surface area contributed by atoms with E-state index in [9.17, 15) is 14.4 Å². The lowest BCUT2D eigenvalue weighted by molar-refractivity contribution is 0.0750. The monoisotopic (exact) mass is 428 g/mol. The Labute approximate surface area is 181 Å². The Morgan fingerprint density at radius 1 is 1.10 bits per heavy atom. The molecule has 9 nitrogen and oxygen atoms in total. The van der Waals surface area contributed by atoms with Crippen molar-refractivity contribution >= 4 is 23.6 Å². The second-order valence-corrected chi connectivity index (χ2v) is 6.97. The van der Waals surface area contributed by atoms with Gasteiger partial charge in [-0.05, 0) is 38.1 Å². The number of para-hydroxylation sites is 1. The van der Waals surface area contributed by atoms with Crippen LogP contribution in [0, 0.1) is 0 Å². The fourth-order valence-electron chi connectivity index (χ4n) is 2.55. The van der Waals surface area contributed by atoms with Gasteiger partial charge >= 0.3 is 6.09 Å². The molecule has 1 aromatic heterocycles. The summed E-state index contributed by atoms with van der Waals surface area (Å²) in [6, 6.07) is 8.17. The molecule has 0 unspecified atom stereocenters. The molecule has 0 saturated heterocycles. The van der Waals surface area contributed by atoms with Gasteiger partial charge in [-0.25, -0.2) is 4.79 Å². The van der Waals surface area contributed by atoms with Crippen LogP contribution in [0.15, 0.2) is 42.7 Å². The van der Waals surface area contributed by atoms with Gasteiger partial charge in [-0.1, -0.05) is 6.07 Å². The van der Waals surface area contributed by atoms with Crippen molar-refractivity contribution in [3.8, 4) is 5.75 Å². The Balaban J connectivity index is 2.24. The lowest BCUT2D eigenvalue weighted by atomic mass is 10.1. The first kappa shape index (κ1) is 23.7. The normalized spacial score (nSPS) is 10.4. The average Bonchev–Trinajstić information content (AvgIpc) is 2.78. The quantitative estimate of drug-likeness (QED) is 0.594. The predicted molar refractivity (Wildman–Crippen MR) is 116 cm³/mol. The maximum Gasteiger partial charge on any atom is 0.406 e. The maximum absolute atomic E-state index is 13.0. The molecule has 3 amide bonds. The highest BCUT2D eigenvalue weighted by Gasteiger charge is 2.22. The van der Waals surface area contributed by atoms with E-state index in [2.05, 4.69) is 15.6 Å². The zero-order valence-corrected chi connectivity index (χ0v) is 18.2. The minimum Gasteiger partial charge on any atom is -0.490 e. The molecule has 0 aliphatic heterocycles. The van der Waals surface area contributed by atoms with Gasteiger partial charge in [0.25, 0.3) is 11.8 Å². The molecular weight excluding hydrogens is 400 g/mol. The molecule has 31 heavy (non-hydrogen) atoms. The van der Waals surface area contributed by atoms with Gasteiger partial charge in [0.2, 0.25) is 0 Å². The minimum absolute atomic E-state index is 0.0172. The molecule has 0 aliphatic carbocycles. The fourth-order valence-corrected chi connectivity index (χ4v) is 2.55. The summed E-state index contributed by atoms with van der Waals surface area (Å²) < 4.78 is 10.8. The molecule has 0 spiro atoms. The van der Waals surface area contributed by atoms with Crippen LogP contribution >= 0.6 is 0 Å². The molecule has 2 rings (SSSR count). The summed E-state index contributed by atoms with van der Waals surface area (Å²) in [4.78, 5) is 42.3. The van der Waals surface area contributed by atoms with Crippen molar-refractivity contribution in [2.45, 2.75) is 26.3 Å². The number of hydrogen-bond acceptors (Lipinski definition) is 6. The topological polar surface area (TPSA) is 110 Å². The number of nitrogens with zero attached hydrogens (tertiary/aromatic N) is 2. The van der Waals surface area contributed by atoms with Gasteiger partial charge in [0.05, 0.1) is 24.5 Å². The summed E-state index contributed by atoms with van der Waals surface area (Å²) in [7, 11) is 3.18. The van der Waals surface area contributed by atoms with Crippen LogP contribution in [0.2, 0.25) is 0 Å². The first-order valence-electron chi connectivity index (χ1n) is 9.94. The van der Waals surface area contributed by atoms with Crippen LogP contribution in [-0.4, -0.2) is 61.1 Å². The van der Waals surface area contributed by atoms with Crippen LogP contribution in [0.5, 0.6) is 5.75 Å². The number of benzene rings is 1. The lowest BCUT2D eigenvalue weighted by Crippen LogP contribution is -2.33. The number of ether oxygens (including phenoxy) is 2. The Bertz CT molecular complexity index is 902. The average molecular weight is 428 g/mol. The molecule has 0 bridgehead atoms. The van der Waals surface area contributed by atoms with Crippen LogP contribution < -0.4 is 15.4 Å². The summed E-state index contributed by atoms with van der Waals surface area (Å²) in [6.07, 6.45) is 2.93. The molecule has 2 N–H and O–H groups in total. The molecule has 1 aromatic carbocycles. The number of carbonyl (C=O) groups excluding carboxylic acids is 3. The van der Waals surface area contributed by atoms with Crippen molar-refractivity contribution in [2.75, 3.05) is 32.6 Å². The highest BCUT2D eigenvalue weighted by atomic mass is 16.5. The molecule has 0 saturated carbocycles. The van der Waals surface area contributed by atoms with Crippen molar-refractivity contribution in [3.05, 3.63) is 53.9 Å². The second kappa shape index (κ2) is 11.5. The van der Waals surface area contributed by atoms with Gasteiger partial charge in [0, 0.05) is 44.5 Å². The van der Waals surface area contributed by atoms with Crippen molar-refractivity contribution in [1.29, 1.82) is 0 Å². The third-order valence-corrected chi connectivity index (χ3v) is 4.50. The van der Waals surface area contributed by atoms with Crippen molar-refractivity contribution in [1.82, 2.24) is 15.2 Å². The summed E-state index contributed by atoms with van der Waals surface area (Å²) in [6.45, 7) is 4.15. The third kappa shape index (κ3) is 6.70. The van der Waals surface area contributed by atoms with E-state index in [4.69, 9.17) is 9.47 Å². The molecular formula is C22H28N4O5. The van der Waals surface area contributed by atoms with Crippen LogP contribution in [0.1, 0.15) is 41.0 Å². The van der Waals surface area contributed by atoms with Gasteiger partial charge in [-0.3, -0.25) is 14.6 Å². The van der Waals surface area contributed by atoms with E-state index < -0.39 is 6.09 Å². The molecule has 1 heterocycles. The lowest BCUT2D eigenvalue weighted by Gasteiger charge is -2.24. The third-order valence-electron chi connectivity index (χ3n) is 4.50. The Morgan fingerprint density at radius 2 is 1.81 bits per heavy atom. The molecule has 2 aromatic rings. The van der Waals surface area contributed by atoms with Gasteiger partial charge in [-0.2, -0.15) is 0 Å². The summed E-state index contributed by atoms with van der Waals surface area (Å²) in [5, 5.41) is 5.16. The van der Waals surface area contributed by atoms with Gasteiger partial charge in [-0.15, -0.1) is 0 Å². The van der Waals surface area contributed by atoms with Crippen LogP contribution in [0.3, 0.4) is 0 Å². The predicted octanol–water partition coefficient (Wildman–Crippen LogP) is 2.94. The van der Waals surface area contributed by atoms with Crippen LogP contribution in [-0.2, 0) is 4.74 Å². The molecule has 0 aliphatic rings. The van der Waals surface area contributed by atoms with E-state index in [1.54, 1.807) is 42.3 Å². The second-order valence-electron chi connectivity index (χ2n) is 6.97. The minimum atomic E-state index is -0.528. The number of alkyl carbamates (subject to hydrolysis) is 1. The van der Waals surface area contributed by atoms with E-state index in [-0.39, 0.29) is 36.8 Å². The van der Waals surface area contributed by atoms with E-state index in [0.717, 1.165) is 0 Å². The molecule has 9 heteroatoms. The Hall–Kier alpha value is -3.62. The van der Waals surface area contributed by atoms with E-state index in [1.807, 2.05) is 13.8 Å². The first-order valence-corrected chi connectivity index (χ1v) is 9.94. The zero-order chi connectivity index (χ0) is 22.8. The SMILES string of the molecule is CNC(=O)OCCCOc1c(NC(=O)c2ccncc2)cccc1C(=O)N(C)C(C)C. The molecule has 166 valence electrons. The number of hydrogen-bond donors (Lipinski definition) is 2. The van der Waals surface area contributed by atoms with E-state index in [1.165, 1.54) is 19.4 Å². The van der Waals surface area contributed by atoms with E-state index in [0.29, 0.717) is 23.2 Å². The largest absolute Gasteiger partial charge is 0.490 e. The number of carbonyl (C=O) groups is 3. The van der Waals surface area contributed by atoms with Crippen LogP contribution in [0.4, 0.5) is 10.5 Å². The van der Waals surface area contributed by atoms with Gasteiger partial charge in [0.1, 0.15) is 0 Å². The van der Waals surface area contributed by atoms with Crippen molar-refractivity contribution in [2.24, 2.45) is 0 Å². The standard InChI is InChI=1S/C22H28N4O5/c1-15(2)26(4)21(28)17-7-5-8-18(25-20(27)16-9-11-24-12-10-16)19(17)30-13-6-14-31-22(29)23-3/h5,7-12,15H,6,13-14H2,1-4H3,(H,23,29)(H,25,27). The number of amides is 3. The number of aromatic nitrogens is 1. The molecule has 0 fully saturated rings. The number of nitrogens with one attached hydrogen (secondary N) is 2. The van der Waals surface area contributed by atoms with E-state index >= 15 is 0 Å². The Morgan fingerprint density at radius 3 is 2.45 bits per heavy atom.